The van der Waals surface area contributed by atoms with Crippen LogP contribution in [0.2, 0.25) is 0 Å². The fraction of sp³-hybridized carbons (Fsp3) is 0.350. The van der Waals surface area contributed by atoms with Gasteiger partial charge in [-0.3, -0.25) is 0 Å². The van der Waals surface area contributed by atoms with Crippen molar-refractivity contribution in [2.75, 3.05) is 18.5 Å². The Morgan fingerprint density at radius 3 is 2.64 bits per heavy atom. The molecule has 0 spiro atoms. The van der Waals surface area contributed by atoms with Gasteiger partial charge in [0.25, 0.3) is 0 Å². The van der Waals surface area contributed by atoms with Crippen LogP contribution in [0.15, 0.2) is 53.4 Å². The number of carboxylic acid groups (broad SMARTS) is 1. The highest BCUT2D eigenvalue weighted by atomic mass is 32.2. The van der Waals surface area contributed by atoms with Crippen molar-refractivity contribution in [3.8, 4) is 0 Å². The predicted molar refractivity (Wildman–Crippen MR) is 106 cm³/mol. The van der Waals surface area contributed by atoms with Crippen molar-refractivity contribution in [2.24, 2.45) is 0 Å². The van der Waals surface area contributed by atoms with E-state index in [1.807, 2.05) is 30.3 Å². The minimum Gasteiger partial charge on any atom is -0.478 e. The highest BCUT2D eigenvalue weighted by Crippen LogP contribution is 2.23. The molecule has 2 atom stereocenters. The molecule has 0 unspecified atom stereocenters. The van der Waals surface area contributed by atoms with E-state index in [0.717, 1.165) is 18.4 Å². The zero-order valence-corrected chi connectivity index (χ0v) is 16.4. The maximum absolute atomic E-state index is 12.7. The number of nitrogens with one attached hydrogen (secondary N) is 2. The van der Waals surface area contributed by atoms with E-state index in [1.165, 1.54) is 18.2 Å². The molecule has 8 heteroatoms. The zero-order chi connectivity index (χ0) is 20.1. The first-order valence-electron chi connectivity index (χ1n) is 9.17. The molecule has 7 nitrogen and oxygen atoms in total. The highest BCUT2D eigenvalue weighted by molar-refractivity contribution is 7.89. The summed E-state index contributed by atoms with van der Waals surface area (Å²) in [6.07, 6.45) is 1.95. The van der Waals surface area contributed by atoms with E-state index in [2.05, 4.69) is 10.0 Å². The summed E-state index contributed by atoms with van der Waals surface area (Å²) in [6.45, 7) is 2.93. The summed E-state index contributed by atoms with van der Waals surface area (Å²) in [4.78, 5) is 11.6. The number of ether oxygens (including phenoxy) is 1. The molecule has 1 heterocycles. The topological polar surface area (TPSA) is 105 Å². The highest BCUT2D eigenvalue weighted by Gasteiger charge is 2.22. The van der Waals surface area contributed by atoms with Crippen LogP contribution >= 0.6 is 0 Å². The number of rotatable bonds is 8. The number of hydrogen-bond acceptors (Lipinski definition) is 5. The van der Waals surface area contributed by atoms with E-state index >= 15 is 0 Å². The lowest BCUT2D eigenvalue weighted by molar-refractivity contribution is 0.0697. The summed E-state index contributed by atoms with van der Waals surface area (Å²) in [6, 6.07) is 12.8. The molecule has 3 rings (SSSR count). The minimum absolute atomic E-state index is 0.0402. The van der Waals surface area contributed by atoms with Crippen molar-refractivity contribution in [3.05, 3.63) is 59.7 Å². The summed E-state index contributed by atoms with van der Waals surface area (Å²) in [7, 11) is -3.88. The molecule has 0 amide bonds. The third-order valence-corrected chi connectivity index (χ3v) is 6.25. The van der Waals surface area contributed by atoms with Gasteiger partial charge in [-0.25, -0.2) is 17.9 Å². The molecule has 1 aliphatic heterocycles. The van der Waals surface area contributed by atoms with Gasteiger partial charge in [-0.15, -0.1) is 0 Å². The number of hydrogen-bond donors (Lipinski definition) is 3. The Morgan fingerprint density at radius 1 is 1.25 bits per heavy atom. The van der Waals surface area contributed by atoms with Crippen molar-refractivity contribution < 1.29 is 23.1 Å². The molecule has 0 aliphatic carbocycles. The predicted octanol–water partition coefficient (Wildman–Crippen LogP) is 3.02. The normalized spacial score (nSPS) is 18.0. The van der Waals surface area contributed by atoms with E-state index in [9.17, 15) is 18.3 Å². The maximum Gasteiger partial charge on any atom is 0.337 e. The minimum atomic E-state index is -3.88. The van der Waals surface area contributed by atoms with Gasteiger partial charge in [0.1, 0.15) is 0 Å². The third kappa shape index (κ3) is 4.89. The monoisotopic (exact) mass is 404 g/mol. The second-order valence-corrected chi connectivity index (χ2v) is 8.50. The van der Waals surface area contributed by atoms with Crippen molar-refractivity contribution in [2.45, 2.75) is 36.8 Å². The van der Waals surface area contributed by atoms with E-state index in [-0.39, 0.29) is 16.6 Å². The Morgan fingerprint density at radius 2 is 2.00 bits per heavy atom. The van der Waals surface area contributed by atoms with Crippen LogP contribution in [-0.2, 0) is 14.8 Å². The van der Waals surface area contributed by atoms with Crippen molar-refractivity contribution in [1.29, 1.82) is 0 Å². The zero-order valence-electron chi connectivity index (χ0n) is 15.6. The second-order valence-electron chi connectivity index (χ2n) is 6.78. The van der Waals surface area contributed by atoms with Gasteiger partial charge >= 0.3 is 5.97 Å². The Balaban J connectivity index is 1.78. The third-order valence-electron chi connectivity index (χ3n) is 4.71. The average molecular weight is 404 g/mol. The van der Waals surface area contributed by atoms with E-state index in [4.69, 9.17) is 4.74 Å². The van der Waals surface area contributed by atoms with Gasteiger partial charge < -0.3 is 15.2 Å². The molecule has 0 bridgehead atoms. The molecule has 2 aromatic rings. The van der Waals surface area contributed by atoms with E-state index in [1.54, 1.807) is 6.92 Å². The van der Waals surface area contributed by atoms with Gasteiger partial charge in [-0.1, -0.05) is 30.3 Å². The first-order valence-corrected chi connectivity index (χ1v) is 10.7. The van der Waals surface area contributed by atoms with Crippen LogP contribution in [0.4, 0.5) is 5.69 Å². The maximum atomic E-state index is 12.7. The summed E-state index contributed by atoms with van der Waals surface area (Å²) in [5.41, 5.74) is 1.10. The molecule has 0 radical (unpaired) electrons. The lowest BCUT2D eigenvalue weighted by atomic mass is 10.1. The first kappa shape index (κ1) is 20.3. The molecule has 0 aromatic heterocycles. The second kappa shape index (κ2) is 8.72. The number of carbonyl (C=O) groups is 1. The van der Waals surface area contributed by atoms with Crippen LogP contribution in [0, 0.1) is 0 Å². The van der Waals surface area contributed by atoms with Crippen molar-refractivity contribution >= 4 is 21.7 Å². The van der Waals surface area contributed by atoms with Gasteiger partial charge in [0.05, 0.1) is 16.6 Å². The number of aromatic carboxylic acids is 1. The standard InChI is InChI=1S/C20H24N2O5S/c1-14(15-6-3-2-4-7-15)22-28(25,26)17-9-10-19(18(12-17)20(23)24)21-13-16-8-5-11-27-16/h2-4,6-7,9-10,12,14,16,21-22H,5,8,11,13H2,1H3,(H,23,24)/t14-,16-/m0/s1. The van der Waals surface area contributed by atoms with E-state index in [0.29, 0.717) is 18.8 Å². The molecule has 3 N–H and O–H groups in total. The van der Waals surface area contributed by atoms with Crippen molar-refractivity contribution in [3.63, 3.8) is 0 Å². The molecule has 0 saturated carbocycles. The molecule has 2 aromatic carbocycles. The Labute approximate surface area is 164 Å². The SMILES string of the molecule is C[C@H](NS(=O)(=O)c1ccc(NC[C@@H]2CCCO2)c(C(=O)O)c1)c1ccccc1. The summed E-state index contributed by atoms with van der Waals surface area (Å²) in [5.74, 6) is -1.19. The van der Waals surface area contributed by atoms with Crippen LogP contribution in [0.5, 0.6) is 0 Å². The Bertz CT molecular complexity index is 925. The number of sulfonamides is 1. The van der Waals surface area contributed by atoms with Gasteiger partial charge in [-0.05, 0) is 43.5 Å². The largest absolute Gasteiger partial charge is 0.478 e. The molecule has 28 heavy (non-hydrogen) atoms. The molecular formula is C20H24N2O5S. The number of carboxylic acids is 1. The van der Waals surface area contributed by atoms with Crippen LogP contribution in [0.25, 0.3) is 0 Å². The molecule has 150 valence electrons. The summed E-state index contributed by atoms with van der Waals surface area (Å²) < 4.78 is 33.6. The van der Waals surface area contributed by atoms with Gasteiger partial charge in [0.2, 0.25) is 10.0 Å². The van der Waals surface area contributed by atoms with Crippen LogP contribution in [0.1, 0.15) is 41.7 Å². The van der Waals surface area contributed by atoms with Gasteiger partial charge in [0.15, 0.2) is 0 Å². The lowest BCUT2D eigenvalue weighted by Crippen LogP contribution is -2.27. The summed E-state index contributed by atoms with van der Waals surface area (Å²) in [5, 5.41) is 12.6. The summed E-state index contributed by atoms with van der Waals surface area (Å²) >= 11 is 0. The fourth-order valence-corrected chi connectivity index (χ4v) is 4.42. The van der Waals surface area contributed by atoms with Crippen LogP contribution < -0.4 is 10.0 Å². The Kier molecular flexibility index (Phi) is 6.33. The molecule has 1 saturated heterocycles. The first-order chi connectivity index (χ1) is 13.4. The van der Waals surface area contributed by atoms with Gasteiger partial charge in [0, 0.05) is 24.9 Å². The van der Waals surface area contributed by atoms with Crippen molar-refractivity contribution in [1.82, 2.24) is 4.72 Å². The lowest BCUT2D eigenvalue weighted by Gasteiger charge is -2.17. The number of benzene rings is 2. The average Bonchev–Trinajstić information content (AvgIpc) is 3.20. The molecule has 1 fully saturated rings. The molecule has 1 aliphatic rings. The quantitative estimate of drug-likeness (QED) is 0.625. The van der Waals surface area contributed by atoms with Crippen LogP contribution in [0.3, 0.4) is 0 Å². The number of anilines is 1. The van der Waals surface area contributed by atoms with Gasteiger partial charge in [-0.2, -0.15) is 0 Å². The smallest absolute Gasteiger partial charge is 0.337 e. The molecular weight excluding hydrogens is 380 g/mol. The Hall–Kier alpha value is -2.42. The van der Waals surface area contributed by atoms with E-state index < -0.39 is 22.0 Å². The fourth-order valence-electron chi connectivity index (χ4n) is 3.16. The van der Waals surface area contributed by atoms with Crippen LogP contribution in [-0.4, -0.2) is 38.7 Å².